The smallest absolute Gasteiger partial charge is 0.269 e. The summed E-state index contributed by atoms with van der Waals surface area (Å²) >= 11 is 5.05. The van der Waals surface area contributed by atoms with Gasteiger partial charge >= 0.3 is 0 Å². The fourth-order valence-corrected chi connectivity index (χ4v) is 2.92. The van der Waals surface area contributed by atoms with Crippen molar-refractivity contribution in [2.45, 2.75) is 25.2 Å². The second kappa shape index (κ2) is 9.66. The minimum atomic E-state index is -3.82. The number of rotatable bonds is 7. The molecular formula is C15H24N4O4S2. The summed E-state index contributed by atoms with van der Waals surface area (Å²) in [5, 5.41) is 3.25. The highest BCUT2D eigenvalue weighted by Gasteiger charge is 2.21. The fourth-order valence-electron chi connectivity index (χ4n) is 1.75. The molecule has 0 aliphatic rings. The van der Waals surface area contributed by atoms with Crippen LogP contribution in [0.25, 0.3) is 0 Å². The van der Waals surface area contributed by atoms with Crippen LogP contribution in [0.1, 0.15) is 30.6 Å². The predicted molar refractivity (Wildman–Crippen MR) is 99.1 cm³/mol. The van der Waals surface area contributed by atoms with E-state index in [9.17, 15) is 13.2 Å². The molecule has 0 atom stereocenters. The maximum Gasteiger partial charge on any atom is 0.269 e. The van der Waals surface area contributed by atoms with Crippen molar-refractivity contribution in [3.8, 4) is 0 Å². The van der Waals surface area contributed by atoms with Crippen LogP contribution >= 0.6 is 12.2 Å². The third kappa shape index (κ3) is 6.58. The Kier molecular flexibility index (Phi) is 8.23. The lowest BCUT2D eigenvalue weighted by Gasteiger charge is -2.15. The molecule has 0 aliphatic carbocycles. The molecule has 0 unspecified atom stereocenters. The maximum absolute atomic E-state index is 12.2. The van der Waals surface area contributed by atoms with E-state index in [0.717, 1.165) is 10.9 Å². The summed E-state index contributed by atoms with van der Waals surface area (Å²) in [7, 11) is -1.31. The molecular weight excluding hydrogens is 364 g/mol. The first kappa shape index (κ1) is 21.3. The number of hydrazine groups is 1. The van der Waals surface area contributed by atoms with Gasteiger partial charge in [-0.2, -0.15) is 0 Å². The van der Waals surface area contributed by atoms with Crippen molar-refractivity contribution in [1.29, 1.82) is 0 Å². The number of nitrogens with zero attached hydrogens (tertiary/aromatic N) is 1. The number of carbonyl (C=O) groups is 1. The van der Waals surface area contributed by atoms with Crippen molar-refractivity contribution in [2.75, 3.05) is 20.7 Å². The average molecular weight is 389 g/mol. The van der Waals surface area contributed by atoms with Crippen molar-refractivity contribution < 1.29 is 18.0 Å². The zero-order valence-corrected chi connectivity index (χ0v) is 16.3. The van der Waals surface area contributed by atoms with E-state index in [1.165, 1.54) is 38.4 Å². The van der Waals surface area contributed by atoms with Crippen molar-refractivity contribution in [3.05, 3.63) is 29.8 Å². The van der Waals surface area contributed by atoms with Crippen molar-refractivity contribution in [1.82, 2.24) is 20.6 Å². The van der Waals surface area contributed by atoms with Crippen LogP contribution in [-0.4, -0.2) is 44.6 Å². The minimum Gasteiger partial charge on any atom is -0.361 e. The first-order valence-electron chi connectivity index (χ1n) is 7.65. The predicted octanol–water partition coefficient (Wildman–Crippen LogP) is 1.02. The van der Waals surface area contributed by atoms with Crippen molar-refractivity contribution >= 4 is 33.3 Å². The molecule has 3 N–H and O–H groups in total. The van der Waals surface area contributed by atoms with Gasteiger partial charge in [0.2, 0.25) is 0 Å². The molecule has 0 saturated heterocycles. The highest BCUT2D eigenvalue weighted by molar-refractivity contribution is 7.89. The summed E-state index contributed by atoms with van der Waals surface area (Å²) in [5.41, 5.74) is 5.18. The van der Waals surface area contributed by atoms with Gasteiger partial charge < -0.3 is 5.32 Å². The topological polar surface area (TPSA) is 99.8 Å². The number of hydrogen-bond acceptors (Lipinski definition) is 5. The molecule has 0 heterocycles. The molecule has 10 heteroatoms. The van der Waals surface area contributed by atoms with E-state index >= 15 is 0 Å². The summed E-state index contributed by atoms with van der Waals surface area (Å²) in [6, 6.07) is 5.62. The zero-order chi connectivity index (χ0) is 19.0. The van der Waals surface area contributed by atoms with Crippen molar-refractivity contribution in [2.24, 2.45) is 5.92 Å². The van der Waals surface area contributed by atoms with E-state index in [0.29, 0.717) is 12.5 Å². The standard InChI is InChI=1S/C15H24N4O4S2/c1-11(2)8-9-16-15(24)18-17-14(20)12-6-5-7-13(10-12)25(21,22)19(3)23-4/h5-7,10-11H,8-9H2,1-4H3,(H,17,20)(H2,16,18,24). The van der Waals surface area contributed by atoms with E-state index in [4.69, 9.17) is 17.1 Å². The third-order valence-electron chi connectivity index (χ3n) is 3.29. The Morgan fingerprint density at radius 2 is 2.00 bits per heavy atom. The van der Waals surface area contributed by atoms with Crippen LogP contribution in [-0.2, 0) is 14.9 Å². The van der Waals surface area contributed by atoms with Gasteiger partial charge in [-0.15, -0.1) is 0 Å². The van der Waals surface area contributed by atoms with Gasteiger partial charge in [0.25, 0.3) is 15.9 Å². The second-order valence-electron chi connectivity index (χ2n) is 5.64. The Morgan fingerprint density at radius 1 is 1.32 bits per heavy atom. The molecule has 0 aromatic heterocycles. The van der Waals surface area contributed by atoms with Crippen LogP contribution in [0.2, 0.25) is 0 Å². The van der Waals surface area contributed by atoms with E-state index < -0.39 is 15.9 Å². The van der Waals surface area contributed by atoms with Crippen LogP contribution in [0, 0.1) is 5.92 Å². The largest absolute Gasteiger partial charge is 0.361 e. The Balaban J connectivity index is 2.68. The molecule has 0 fully saturated rings. The van der Waals surface area contributed by atoms with E-state index in [2.05, 4.69) is 30.0 Å². The van der Waals surface area contributed by atoms with Gasteiger partial charge in [-0.1, -0.05) is 24.4 Å². The molecule has 0 bridgehead atoms. The van der Waals surface area contributed by atoms with Gasteiger partial charge in [0.05, 0.1) is 12.0 Å². The van der Waals surface area contributed by atoms with Gasteiger partial charge in [0.1, 0.15) is 0 Å². The summed E-state index contributed by atoms with van der Waals surface area (Å²) < 4.78 is 25.1. The summed E-state index contributed by atoms with van der Waals surface area (Å²) in [4.78, 5) is 16.8. The zero-order valence-electron chi connectivity index (χ0n) is 14.7. The van der Waals surface area contributed by atoms with E-state index in [1.54, 1.807) is 0 Å². The Bertz CT molecular complexity index is 707. The molecule has 0 spiro atoms. The number of nitrogens with one attached hydrogen (secondary N) is 3. The highest BCUT2D eigenvalue weighted by atomic mass is 32.2. The molecule has 0 radical (unpaired) electrons. The lowest BCUT2D eigenvalue weighted by molar-refractivity contribution is -0.0258. The summed E-state index contributed by atoms with van der Waals surface area (Å²) in [5.74, 6) is 0.0324. The first-order valence-corrected chi connectivity index (χ1v) is 9.50. The molecule has 0 aliphatic heterocycles. The van der Waals surface area contributed by atoms with Gasteiger partial charge in [0.15, 0.2) is 5.11 Å². The lowest BCUT2D eigenvalue weighted by atomic mass is 10.1. The van der Waals surface area contributed by atoms with Crippen molar-refractivity contribution in [3.63, 3.8) is 0 Å². The number of thiocarbonyl (C=S) groups is 1. The Labute approximate surface area is 153 Å². The SMILES string of the molecule is CON(C)S(=O)(=O)c1cccc(C(=O)NNC(=S)NCCC(C)C)c1. The third-order valence-corrected chi connectivity index (χ3v) is 5.21. The summed E-state index contributed by atoms with van der Waals surface area (Å²) in [6.07, 6.45) is 0.947. The molecule has 8 nitrogen and oxygen atoms in total. The van der Waals surface area contributed by atoms with Crippen LogP contribution in [0.4, 0.5) is 0 Å². The molecule has 1 aromatic rings. The number of sulfonamides is 1. The Hall–Kier alpha value is -1.75. The number of amides is 1. The van der Waals surface area contributed by atoms with Crippen LogP contribution in [0.5, 0.6) is 0 Å². The van der Waals surface area contributed by atoms with Gasteiger partial charge in [-0.25, -0.2) is 8.42 Å². The molecule has 1 aromatic carbocycles. The summed E-state index contributed by atoms with van der Waals surface area (Å²) in [6.45, 7) is 4.89. The molecule has 25 heavy (non-hydrogen) atoms. The monoisotopic (exact) mass is 388 g/mol. The number of hydroxylamine groups is 1. The first-order chi connectivity index (χ1) is 11.7. The molecule has 140 valence electrons. The van der Waals surface area contributed by atoms with E-state index in [-0.39, 0.29) is 15.6 Å². The lowest BCUT2D eigenvalue weighted by Crippen LogP contribution is -2.47. The van der Waals surface area contributed by atoms with Crippen LogP contribution in [0.3, 0.4) is 0 Å². The fraction of sp³-hybridized carbons (Fsp3) is 0.467. The van der Waals surface area contributed by atoms with Gasteiger partial charge in [-0.3, -0.25) is 20.5 Å². The van der Waals surface area contributed by atoms with Gasteiger partial charge in [-0.05, 0) is 42.8 Å². The Morgan fingerprint density at radius 3 is 2.60 bits per heavy atom. The normalized spacial score (nSPS) is 11.4. The number of benzene rings is 1. The average Bonchev–Trinajstić information content (AvgIpc) is 2.58. The highest BCUT2D eigenvalue weighted by Crippen LogP contribution is 2.15. The quantitative estimate of drug-likeness (QED) is 0.474. The molecule has 1 rings (SSSR count). The van der Waals surface area contributed by atoms with Crippen LogP contribution < -0.4 is 16.2 Å². The molecule has 0 saturated carbocycles. The van der Waals surface area contributed by atoms with E-state index in [1.807, 2.05) is 0 Å². The molecule has 1 amide bonds. The van der Waals surface area contributed by atoms with Gasteiger partial charge in [0, 0.05) is 19.2 Å². The second-order valence-corrected chi connectivity index (χ2v) is 7.99. The maximum atomic E-state index is 12.2. The van der Waals surface area contributed by atoms with Crippen LogP contribution in [0.15, 0.2) is 29.2 Å². The number of carbonyl (C=O) groups excluding carboxylic acids is 1. The minimum absolute atomic E-state index is 0.0536. The number of hydrogen-bond donors (Lipinski definition) is 3.